The van der Waals surface area contributed by atoms with E-state index < -0.39 is 0 Å². The van der Waals surface area contributed by atoms with Crippen LogP contribution in [-0.4, -0.2) is 36.0 Å². The molecule has 0 radical (unpaired) electrons. The second-order valence-corrected chi connectivity index (χ2v) is 7.25. The molecule has 2 amide bonds. The highest BCUT2D eigenvalue weighted by Crippen LogP contribution is 2.32. The molecule has 20 heavy (non-hydrogen) atoms. The molecule has 2 fully saturated rings. The van der Waals surface area contributed by atoms with Crippen LogP contribution in [0.15, 0.2) is 0 Å². The van der Waals surface area contributed by atoms with Gasteiger partial charge >= 0.3 is 0 Å². The fraction of sp³-hybridized carbons (Fsp3) is 0.867. The Morgan fingerprint density at radius 1 is 1.10 bits per heavy atom. The van der Waals surface area contributed by atoms with Crippen molar-refractivity contribution in [2.45, 2.75) is 70.5 Å². The first kappa shape index (κ1) is 15.3. The van der Waals surface area contributed by atoms with Crippen LogP contribution in [0.5, 0.6) is 0 Å². The zero-order valence-corrected chi connectivity index (χ0v) is 12.8. The maximum absolute atomic E-state index is 11.9. The van der Waals surface area contributed by atoms with Gasteiger partial charge in [0.15, 0.2) is 0 Å². The second-order valence-electron chi connectivity index (χ2n) is 7.25. The van der Waals surface area contributed by atoms with Crippen molar-refractivity contribution < 1.29 is 9.59 Å². The van der Waals surface area contributed by atoms with Gasteiger partial charge in [-0.3, -0.25) is 9.59 Å². The summed E-state index contributed by atoms with van der Waals surface area (Å²) in [7, 11) is 0. The smallest absolute Gasteiger partial charge is 0.239 e. The monoisotopic (exact) mass is 281 g/mol. The summed E-state index contributed by atoms with van der Waals surface area (Å²) in [5, 5.41) is 9.14. The van der Waals surface area contributed by atoms with Gasteiger partial charge in [0.05, 0.1) is 6.54 Å². The summed E-state index contributed by atoms with van der Waals surface area (Å²) in [6.45, 7) is 5.86. The maximum Gasteiger partial charge on any atom is 0.239 e. The third-order valence-corrected chi connectivity index (χ3v) is 4.01. The van der Waals surface area contributed by atoms with Gasteiger partial charge in [-0.05, 0) is 52.4 Å². The van der Waals surface area contributed by atoms with E-state index in [-0.39, 0.29) is 23.9 Å². The van der Waals surface area contributed by atoms with Crippen molar-refractivity contribution in [3.8, 4) is 0 Å². The molecule has 2 heterocycles. The Morgan fingerprint density at radius 2 is 1.70 bits per heavy atom. The topological polar surface area (TPSA) is 70.2 Å². The predicted molar refractivity (Wildman–Crippen MR) is 78.2 cm³/mol. The summed E-state index contributed by atoms with van der Waals surface area (Å²) in [6.07, 6.45) is 5.24. The molecule has 5 nitrogen and oxygen atoms in total. The Hall–Kier alpha value is -1.10. The molecule has 2 bridgehead atoms. The molecule has 0 aliphatic carbocycles. The van der Waals surface area contributed by atoms with Crippen LogP contribution in [0.2, 0.25) is 0 Å². The molecule has 0 aromatic heterocycles. The van der Waals surface area contributed by atoms with Gasteiger partial charge in [0.25, 0.3) is 0 Å². The van der Waals surface area contributed by atoms with Gasteiger partial charge < -0.3 is 16.0 Å². The fourth-order valence-corrected chi connectivity index (χ4v) is 3.32. The number of hydrogen-bond donors (Lipinski definition) is 3. The lowest BCUT2D eigenvalue weighted by Crippen LogP contribution is -2.46. The normalized spacial score (nSPS) is 29.1. The SMILES string of the molecule is CC(C)(C)NC(=O)CNC(=O)CC1CC2CCC(C1)N2. The number of hydrogen-bond acceptors (Lipinski definition) is 3. The molecule has 2 unspecified atom stereocenters. The van der Waals surface area contributed by atoms with Crippen molar-refractivity contribution >= 4 is 11.8 Å². The molecular weight excluding hydrogens is 254 g/mol. The van der Waals surface area contributed by atoms with Crippen LogP contribution in [0, 0.1) is 5.92 Å². The van der Waals surface area contributed by atoms with Crippen molar-refractivity contribution in [2.24, 2.45) is 5.92 Å². The lowest BCUT2D eigenvalue weighted by Gasteiger charge is -2.28. The number of piperidine rings is 1. The Balaban J connectivity index is 1.67. The molecule has 5 heteroatoms. The van der Waals surface area contributed by atoms with Crippen LogP contribution >= 0.6 is 0 Å². The van der Waals surface area contributed by atoms with Gasteiger partial charge in [-0.1, -0.05) is 0 Å². The minimum Gasteiger partial charge on any atom is -0.350 e. The number of carbonyl (C=O) groups is 2. The van der Waals surface area contributed by atoms with E-state index in [9.17, 15) is 9.59 Å². The minimum absolute atomic E-state index is 0.000333. The fourth-order valence-electron chi connectivity index (χ4n) is 3.32. The number of carbonyl (C=O) groups excluding carboxylic acids is 2. The van der Waals surface area contributed by atoms with E-state index in [1.807, 2.05) is 20.8 Å². The average molecular weight is 281 g/mol. The standard InChI is InChI=1S/C15H27N3O2/c1-15(2,3)18-14(20)9-16-13(19)8-10-6-11-4-5-12(7-10)17-11/h10-12,17H,4-9H2,1-3H3,(H,16,19)(H,18,20). The summed E-state index contributed by atoms with van der Waals surface area (Å²) in [5.74, 6) is 0.344. The molecule has 2 atom stereocenters. The van der Waals surface area contributed by atoms with E-state index in [4.69, 9.17) is 0 Å². The van der Waals surface area contributed by atoms with E-state index in [0.29, 0.717) is 24.4 Å². The zero-order chi connectivity index (χ0) is 14.8. The van der Waals surface area contributed by atoms with E-state index >= 15 is 0 Å². The van der Waals surface area contributed by atoms with E-state index in [2.05, 4.69) is 16.0 Å². The maximum atomic E-state index is 11.9. The predicted octanol–water partition coefficient (Wildman–Crippen LogP) is 0.938. The molecule has 0 aromatic carbocycles. The molecule has 114 valence electrons. The lowest BCUT2D eigenvalue weighted by molar-refractivity contribution is -0.127. The van der Waals surface area contributed by atoms with Gasteiger partial charge in [0.1, 0.15) is 0 Å². The second kappa shape index (κ2) is 6.12. The summed E-state index contributed by atoms with van der Waals surface area (Å²) >= 11 is 0. The largest absolute Gasteiger partial charge is 0.350 e. The van der Waals surface area contributed by atoms with Crippen molar-refractivity contribution in [3.05, 3.63) is 0 Å². The highest BCUT2D eigenvalue weighted by atomic mass is 16.2. The quantitative estimate of drug-likeness (QED) is 0.718. The third-order valence-electron chi connectivity index (χ3n) is 4.01. The highest BCUT2D eigenvalue weighted by Gasteiger charge is 2.34. The number of amides is 2. The summed E-state index contributed by atoms with van der Waals surface area (Å²) in [4.78, 5) is 23.5. The first-order valence-corrected chi connectivity index (χ1v) is 7.65. The molecule has 2 aliphatic heterocycles. The van der Waals surface area contributed by atoms with Crippen LogP contribution in [-0.2, 0) is 9.59 Å². The molecule has 2 rings (SSSR count). The van der Waals surface area contributed by atoms with E-state index in [1.165, 1.54) is 12.8 Å². The molecule has 2 aliphatic rings. The van der Waals surface area contributed by atoms with Crippen molar-refractivity contribution in [3.63, 3.8) is 0 Å². The van der Waals surface area contributed by atoms with E-state index in [0.717, 1.165) is 12.8 Å². The molecule has 3 N–H and O–H groups in total. The van der Waals surface area contributed by atoms with Gasteiger partial charge in [-0.25, -0.2) is 0 Å². The summed E-state index contributed by atoms with van der Waals surface area (Å²) < 4.78 is 0. The van der Waals surface area contributed by atoms with Crippen molar-refractivity contribution in [1.29, 1.82) is 0 Å². The van der Waals surface area contributed by atoms with Crippen LogP contribution in [0.1, 0.15) is 52.9 Å². The Morgan fingerprint density at radius 3 is 2.25 bits per heavy atom. The zero-order valence-electron chi connectivity index (χ0n) is 12.8. The molecular formula is C15H27N3O2. The molecule has 2 saturated heterocycles. The van der Waals surface area contributed by atoms with Crippen LogP contribution in [0.25, 0.3) is 0 Å². The number of rotatable bonds is 4. The van der Waals surface area contributed by atoms with Gasteiger partial charge in [-0.15, -0.1) is 0 Å². The summed E-state index contributed by atoms with van der Waals surface area (Å²) in [5.41, 5.74) is -0.254. The van der Waals surface area contributed by atoms with Crippen LogP contribution in [0.4, 0.5) is 0 Å². The minimum atomic E-state index is -0.254. The molecule has 0 spiro atoms. The van der Waals surface area contributed by atoms with Crippen LogP contribution < -0.4 is 16.0 Å². The number of nitrogens with one attached hydrogen (secondary N) is 3. The van der Waals surface area contributed by atoms with Gasteiger partial charge in [0.2, 0.25) is 11.8 Å². The lowest BCUT2D eigenvalue weighted by atomic mass is 9.89. The van der Waals surface area contributed by atoms with Crippen LogP contribution in [0.3, 0.4) is 0 Å². The van der Waals surface area contributed by atoms with Crippen molar-refractivity contribution in [1.82, 2.24) is 16.0 Å². The molecule has 0 saturated carbocycles. The van der Waals surface area contributed by atoms with Gasteiger partial charge in [-0.2, -0.15) is 0 Å². The average Bonchev–Trinajstić information content (AvgIpc) is 2.64. The molecule has 0 aromatic rings. The third kappa shape index (κ3) is 4.78. The first-order valence-electron chi connectivity index (χ1n) is 7.65. The van der Waals surface area contributed by atoms with E-state index in [1.54, 1.807) is 0 Å². The van der Waals surface area contributed by atoms with Gasteiger partial charge in [0, 0.05) is 24.0 Å². The summed E-state index contributed by atoms with van der Waals surface area (Å²) in [6, 6.07) is 1.21. The first-order chi connectivity index (χ1) is 9.32. The Kier molecular flexibility index (Phi) is 4.68. The number of fused-ring (bicyclic) bond motifs is 2. The Bertz CT molecular complexity index is 364. The highest BCUT2D eigenvalue weighted by molar-refractivity contribution is 5.85. The Labute approximate surface area is 121 Å². The van der Waals surface area contributed by atoms with Crippen molar-refractivity contribution in [2.75, 3.05) is 6.54 Å².